The first-order chi connectivity index (χ1) is 9.85. The number of benzene rings is 1. The number of para-hydroxylation sites is 1. The molecule has 0 saturated carbocycles. The van der Waals surface area contributed by atoms with Crippen molar-refractivity contribution in [2.75, 3.05) is 6.54 Å². The Hall–Kier alpha value is -1.88. The summed E-state index contributed by atoms with van der Waals surface area (Å²) in [5, 5.41) is 11.7. The number of nitrogens with zero attached hydrogens (tertiary/aromatic N) is 3. The Kier molecular flexibility index (Phi) is 3.97. The molecular formula is C15H20N4O. The van der Waals surface area contributed by atoms with Gasteiger partial charge in [-0.25, -0.2) is 4.68 Å². The van der Waals surface area contributed by atoms with Crippen LogP contribution < -0.4 is 10.1 Å². The Balaban J connectivity index is 1.55. The molecule has 1 aliphatic heterocycles. The van der Waals surface area contributed by atoms with Crippen molar-refractivity contribution in [1.82, 2.24) is 20.3 Å². The summed E-state index contributed by atoms with van der Waals surface area (Å²) in [6.07, 6.45) is 4.22. The number of rotatable bonds is 6. The molecule has 0 fully saturated rings. The summed E-state index contributed by atoms with van der Waals surface area (Å²) >= 11 is 0. The Morgan fingerprint density at radius 2 is 2.30 bits per heavy atom. The number of nitrogens with one attached hydrogen (secondary N) is 1. The lowest BCUT2D eigenvalue weighted by Crippen LogP contribution is -2.21. The largest absolute Gasteiger partial charge is 0.488 e. The average Bonchev–Trinajstić information content (AvgIpc) is 3.05. The van der Waals surface area contributed by atoms with Gasteiger partial charge in [0, 0.05) is 19.2 Å². The van der Waals surface area contributed by atoms with Crippen molar-refractivity contribution in [1.29, 1.82) is 0 Å². The van der Waals surface area contributed by atoms with Crippen LogP contribution in [0.2, 0.25) is 0 Å². The van der Waals surface area contributed by atoms with Gasteiger partial charge in [0.1, 0.15) is 11.9 Å². The summed E-state index contributed by atoms with van der Waals surface area (Å²) in [4.78, 5) is 0. The molecule has 1 aliphatic rings. The maximum absolute atomic E-state index is 5.91. The molecule has 5 nitrogen and oxygen atoms in total. The Morgan fingerprint density at radius 3 is 3.15 bits per heavy atom. The summed E-state index contributed by atoms with van der Waals surface area (Å²) in [6, 6.07) is 8.21. The Labute approximate surface area is 118 Å². The molecule has 0 spiro atoms. The van der Waals surface area contributed by atoms with Crippen molar-refractivity contribution in [3.8, 4) is 5.75 Å². The van der Waals surface area contributed by atoms with Crippen molar-refractivity contribution < 1.29 is 4.74 Å². The highest BCUT2D eigenvalue weighted by Gasteiger charge is 2.22. The molecule has 1 aromatic heterocycles. The van der Waals surface area contributed by atoms with E-state index in [9.17, 15) is 0 Å². The summed E-state index contributed by atoms with van der Waals surface area (Å²) in [5.74, 6) is 1.00. The molecule has 106 valence electrons. The van der Waals surface area contributed by atoms with Gasteiger partial charge in [-0.05, 0) is 24.6 Å². The molecule has 0 aliphatic carbocycles. The van der Waals surface area contributed by atoms with E-state index in [0.717, 1.165) is 43.9 Å². The zero-order valence-electron chi connectivity index (χ0n) is 11.7. The van der Waals surface area contributed by atoms with Crippen LogP contribution >= 0.6 is 0 Å². The second-order valence-electron chi connectivity index (χ2n) is 5.16. The van der Waals surface area contributed by atoms with Gasteiger partial charge in [0.2, 0.25) is 0 Å². The molecule has 5 heteroatoms. The van der Waals surface area contributed by atoms with E-state index < -0.39 is 0 Å². The van der Waals surface area contributed by atoms with E-state index in [1.807, 2.05) is 23.0 Å². The van der Waals surface area contributed by atoms with Gasteiger partial charge in [-0.15, -0.1) is 5.10 Å². The molecule has 0 radical (unpaired) electrons. The number of aromatic nitrogens is 3. The van der Waals surface area contributed by atoms with Gasteiger partial charge in [-0.1, -0.05) is 30.3 Å². The lowest BCUT2D eigenvalue weighted by Gasteiger charge is -2.09. The van der Waals surface area contributed by atoms with Crippen molar-refractivity contribution >= 4 is 0 Å². The number of hydrogen-bond acceptors (Lipinski definition) is 4. The van der Waals surface area contributed by atoms with E-state index in [-0.39, 0.29) is 6.10 Å². The smallest absolute Gasteiger partial charge is 0.123 e. The Bertz CT molecular complexity index is 542. The Morgan fingerprint density at radius 1 is 1.40 bits per heavy atom. The predicted molar refractivity (Wildman–Crippen MR) is 76.6 cm³/mol. The van der Waals surface area contributed by atoms with Gasteiger partial charge < -0.3 is 10.1 Å². The molecule has 2 heterocycles. The minimum Gasteiger partial charge on any atom is -0.488 e. The van der Waals surface area contributed by atoms with E-state index in [1.54, 1.807) is 0 Å². The first kappa shape index (κ1) is 13.1. The van der Waals surface area contributed by atoms with Crippen LogP contribution in [0, 0.1) is 0 Å². The summed E-state index contributed by atoms with van der Waals surface area (Å²) in [5.41, 5.74) is 2.26. The van der Waals surface area contributed by atoms with Gasteiger partial charge in [0.25, 0.3) is 0 Å². The summed E-state index contributed by atoms with van der Waals surface area (Å²) < 4.78 is 7.79. The fourth-order valence-corrected chi connectivity index (χ4v) is 2.47. The maximum Gasteiger partial charge on any atom is 0.123 e. The van der Waals surface area contributed by atoms with Crippen molar-refractivity contribution in [3.63, 3.8) is 0 Å². The second kappa shape index (κ2) is 6.05. The average molecular weight is 272 g/mol. The first-order valence-corrected chi connectivity index (χ1v) is 7.19. The highest BCUT2D eigenvalue weighted by molar-refractivity contribution is 5.37. The molecule has 0 bridgehead atoms. The molecule has 0 amide bonds. The molecule has 1 aromatic carbocycles. The van der Waals surface area contributed by atoms with Gasteiger partial charge in [-0.2, -0.15) is 0 Å². The normalized spacial score (nSPS) is 16.9. The van der Waals surface area contributed by atoms with Gasteiger partial charge in [0.05, 0.1) is 12.2 Å². The third kappa shape index (κ3) is 2.99. The molecule has 1 atom stereocenters. The minimum atomic E-state index is 0.158. The highest BCUT2D eigenvalue weighted by atomic mass is 16.5. The van der Waals surface area contributed by atoms with E-state index in [4.69, 9.17) is 4.74 Å². The maximum atomic E-state index is 5.91. The van der Waals surface area contributed by atoms with Crippen LogP contribution in [0.4, 0.5) is 0 Å². The number of fused-ring (bicyclic) bond motifs is 1. The SMILES string of the molecule is CCCNCc1cn(CC2Cc3ccccc3O2)nn1. The molecule has 0 saturated heterocycles. The lowest BCUT2D eigenvalue weighted by molar-refractivity contribution is 0.202. The molecule has 20 heavy (non-hydrogen) atoms. The third-order valence-corrected chi connectivity index (χ3v) is 3.42. The topological polar surface area (TPSA) is 52.0 Å². The van der Waals surface area contributed by atoms with Crippen molar-refractivity contribution in [2.24, 2.45) is 0 Å². The van der Waals surface area contributed by atoms with Crippen LogP contribution in [0.3, 0.4) is 0 Å². The first-order valence-electron chi connectivity index (χ1n) is 7.19. The van der Waals surface area contributed by atoms with Crippen LogP contribution in [-0.4, -0.2) is 27.6 Å². The van der Waals surface area contributed by atoms with E-state index in [2.05, 4.69) is 34.7 Å². The van der Waals surface area contributed by atoms with Gasteiger partial charge >= 0.3 is 0 Å². The fraction of sp³-hybridized carbons (Fsp3) is 0.467. The summed E-state index contributed by atoms with van der Waals surface area (Å²) in [6.45, 7) is 4.68. The van der Waals surface area contributed by atoms with Crippen LogP contribution in [0.1, 0.15) is 24.6 Å². The predicted octanol–water partition coefficient (Wildman–Crippen LogP) is 1.78. The van der Waals surface area contributed by atoms with E-state index >= 15 is 0 Å². The molecule has 1 unspecified atom stereocenters. The second-order valence-corrected chi connectivity index (χ2v) is 5.16. The van der Waals surface area contributed by atoms with Crippen LogP contribution in [0.25, 0.3) is 0 Å². The van der Waals surface area contributed by atoms with Crippen LogP contribution in [0.5, 0.6) is 5.75 Å². The quantitative estimate of drug-likeness (QED) is 0.814. The molecule has 3 rings (SSSR count). The van der Waals surface area contributed by atoms with Gasteiger partial charge in [-0.3, -0.25) is 0 Å². The standard InChI is InChI=1S/C15H20N4O/c1-2-7-16-9-13-10-19(18-17-13)11-14-8-12-5-3-4-6-15(12)20-14/h3-6,10,14,16H,2,7-9,11H2,1H3. The zero-order chi connectivity index (χ0) is 13.8. The van der Waals surface area contributed by atoms with Crippen LogP contribution in [0.15, 0.2) is 30.5 Å². The van der Waals surface area contributed by atoms with Crippen molar-refractivity contribution in [3.05, 3.63) is 41.7 Å². The van der Waals surface area contributed by atoms with Crippen molar-refractivity contribution in [2.45, 2.75) is 39.0 Å². The third-order valence-electron chi connectivity index (χ3n) is 3.42. The van der Waals surface area contributed by atoms with Crippen LogP contribution in [-0.2, 0) is 19.5 Å². The van der Waals surface area contributed by atoms with Gasteiger partial charge in [0.15, 0.2) is 0 Å². The molecule has 2 aromatic rings. The number of hydrogen-bond donors (Lipinski definition) is 1. The highest BCUT2D eigenvalue weighted by Crippen LogP contribution is 2.28. The monoisotopic (exact) mass is 272 g/mol. The molecule has 1 N–H and O–H groups in total. The molecular weight excluding hydrogens is 252 g/mol. The summed E-state index contributed by atoms with van der Waals surface area (Å²) in [7, 11) is 0. The van der Waals surface area contributed by atoms with E-state index in [0.29, 0.717) is 0 Å². The fourth-order valence-electron chi connectivity index (χ4n) is 2.47. The minimum absolute atomic E-state index is 0.158. The van der Waals surface area contributed by atoms with E-state index in [1.165, 1.54) is 5.56 Å². The zero-order valence-corrected chi connectivity index (χ0v) is 11.7. The lowest BCUT2D eigenvalue weighted by atomic mass is 10.1. The number of ether oxygens (including phenoxy) is 1.